The molecule has 192 valence electrons. The molecule has 1 N–H and O–H groups in total. The van der Waals surface area contributed by atoms with Crippen LogP contribution in [0.15, 0.2) is 47.5 Å². The number of aliphatic imine (C=N–C) groups is 1. The summed E-state index contributed by atoms with van der Waals surface area (Å²) < 4.78 is 5.78. The van der Waals surface area contributed by atoms with E-state index >= 15 is 0 Å². The Bertz CT molecular complexity index is 881. The minimum Gasteiger partial charge on any atom is -0.507 e. The number of non-ortho nitro benzene ring substituents is 1. The third-order valence-corrected chi connectivity index (χ3v) is 6.18. The lowest BCUT2D eigenvalue weighted by molar-refractivity contribution is -0.384. The normalized spacial score (nSPS) is 11.2. The van der Waals surface area contributed by atoms with E-state index in [4.69, 9.17) is 4.74 Å². The molecule has 6 heteroatoms. The molecule has 0 fully saturated rings. The summed E-state index contributed by atoms with van der Waals surface area (Å²) in [4.78, 5) is 14.5. The van der Waals surface area contributed by atoms with Gasteiger partial charge in [-0.25, -0.2) is 0 Å². The Hall–Kier alpha value is -2.89. The number of benzene rings is 2. The van der Waals surface area contributed by atoms with E-state index in [0.29, 0.717) is 23.6 Å². The molecule has 0 bridgehead atoms. The summed E-state index contributed by atoms with van der Waals surface area (Å²) in [5.41, 5.74) is 1.16. The molecule has 0 heterocycles. The summed E-state index contributed by atoms with van der Waals surface area (Å²) in [6.45, 7) is 2.91. The molecule has 2 rings (SSSR count). The molecule has 0 aliphatic carbocycles. The van der Waals surface area contributed by atoms with Crippen LogP contribution in [-0.2, 0) is 0 Å². The van der Waals surface area contributed by atoms with Gasteiger partial charge in [-0.1, -0.05) is 90.4 Å². The van der Waals surface area contributed by atoms with Gasteiger partial charge in [-0.15, -0.1) is 0 Å². The van der Waals surface area contributed by atoms with Crippen molar-refractivity contribution in [3.63, 3.8) is 0 Å². The standard InChI is InChI=1S/C29H42N2O4/c1-2-3-4-5-6-7-8-9-10-11-12-13-14-15-22-35-28-21-16-25(29(32)23-28)24-30-26-17-19-27(20-18-26)31(33)34/h16-21,23-24,32H,2-15,22H2,1H3. The summed E-state index contributed by atoms with van der Waals surface area (Å²) >= 11 is 0. The highest BCUT2D eigenvalue weighted by atomic mass is 16.6. The first kappa shape index (κ1) is 28.3. The second kappa shape index (κ2) is 17.5. The molecular formula is C29H42N2O4. The fraction of sp³-hybridized carbons (Fsp3) is 0.552. The highest BCUT2D eigenvalue weighted by molar-refractivity contribution is 5.85. The van der Waals surface area contributed by atoms with Crippen molar-refractivity contribution in [2.75, 3.05) is 6.61 Å². The fourth-order valence-electron chi connectivity index (χ4n) is 4.01. The molecule has 0 aromatic heterocycles. The molecule has 2 aromatic rings. The second-order valence-electron chi connectivity index (χ2n) is 9.20. The summed E-state index contributed by atoms with van der Waals surface area (Å²) in [7, 11) is 0. The molecule has 0 unspecified atom stereocenters. The molecular weight excluding hydrogens is 440 g/mol. The summed E-state index contributed by atoms with van der Waals surface area (Å²) in [5, 5.41) is 21.0. The van der Waals surface area contributed by atoms with Crippen molar-refractivity contribution >= 4 is 17.6 Å². The topological polar surface area (TPSA) is 85.0 Å². The fourth-order valence-corrected chi connectivity index (χ4v) is 4.01. The number of hydrogen-bond donors (Lipinski definition) is 1. The van der Waals surface area contributed by atoms with Gasteiger partial charge < -0.3 is 9.84 Å². The van der Waals surface area contributed by atoms with Crippen molar-refractivity contribution in [2.24, 2.45) is 4.99 Å². The van der Waals surface area contributed by atoms with Crippen LogP contribution in [0, 0.1) is 10.1 Å². The van der Waals surface area contributed by atoms with Crippen molar-refractivity contribution < 1.29 is 14.8 Å². The molecule has 0 spiro atoms. The zero-order valence-corrected chi connectivity index (χ0v) is 21.3. The Morgan fingerprint density at radius 3 is 1.89 bits per heavy atom. The third-order valence-electron chi connectivity index (χ3n) is 6.18. The molecule has 0 aliphatic rings. The van der Waals surface area contributed by atoms with Gasteiger partial charge >= 0.3 is 0 Å². The van der Waals surface area contributed by atoms with E-state index in [9.17, 15) is 15.2 Å². The van der Waals surface area contributed by atoms with E-state index in [-0.39, 0.29) is 11.4 Å². The van der Waals surface area contributed by atoms with E-state index in [1.807, 2.05) is 6.07 Å². The van der Waals surface area contributed by atoms with Crippen molar-refractivity contribution in [1.82, 2.24) is 0 Å². The third kappa shape index (κ3) is 12.4. The first-order valence-electron chi connectivity index (χ1n) is 13.3. The molecule has 6 nitrogen and oxygen atoms in total. The molecule has 2 aromatic carbocycles. The number of nitrogens with zero attached hydrogens (tertiary/aromatic N) is 2. The maximum Gasteiger partial charge on any atom is 0.269 e. The number of rotatable bonds is 19. The van der Waals surface area contributed by atoms with E-state index < -0.39 is 4.92 Å². The first-order chi connectivity index (χ1) is 17.1. The monoisotopic (exact) mass is 482 g/mol. The summed E-state index contributed by atoms with van der Waals surface area (Å²) in [6.07, 6.45) is 20.1. The van der Waals surface area contributed by atoms with Gasteiger partial charge in [-0.2, -0.15) is 0 Å². The van der Waals surface area contributed by atoms with Gasteiger partial charge in [-0.05, 0) is 30.7 Å². The van der Waals surface area contributed by atoms with Gasteiger partial charge in [0.2, 0.25) is 0 Å². The molecule has 0 saturated carbocycles. The summed E-state index contributed by atoms with van der Waals surface area (Å²) in [6, 6.07) is 11.1. The zero-order chi connectivity index (χ0) is 25.1. The highest BCUT2D eigenvalue weighted by Crippen LogP contribution is 2.24. The molecule has 0 amide bonds. The number of phenols is 1. The lowest BCUT2D eigenvalue weighted by Crippen LogP contribution is -1.97. The van der Waals surface area contributed by atoms with Gasteiger partial charge in [0.25, 0.3) is 5.69 Å². The van der Waals surface area contributed by atoms with E-state index in [1.54, 1.807) is 24.3 Å². The smallest absolute Gasteiger partial charge is 0.269 e. The maximum atomic E-state index is 10.7. The minimum absolute atomic E-state index is 0.0205. The van der Waals surface area contributed by atoms with Crippen molar-refractivity contribution in [2.45, 2.75) is 96.8 Å². The van der Waals surface area contributed by atoms with Crippen LogP contribution < -0.4 is 4.74 Å². The molecule has 0 aliphatic heterocycles. The van der Waals surface area contributed by atoms with Gasteiger partial charge in [0.15, 0.2) is 0 Å². The average molecular weight is 483 g/mol. The number of nitro groups is 1. The van der Waals surface area contributed by atoms with Gasteiger partial charge in [0, 0.05) is 30.0 Å². The molecule has 0 atom stereocenters. The second-order valence-corrected chi connectivity index (χ2v) is 9.20. The van der Waals surface area contributed by atoms with Gasteiger partial charge in [0.05, 0.1) is 17.2 Å². The number of nitro benzene ring substituents is 1. The SMILES string of the molecule is CCCCCCCCCCCCCCCCOc1ccc(C=Nc2ccc([N+](=O)[O-])cc2)c(O)c1. The Labute approximate surface area is 210 Å². The van der Waals surface area contributed by atoms with Crippen LogP contribution in [0.2, 0.25) is 0 Å². The van der Waals surface area contributed by atoms with E-state index in [1.165, 1.54) is 102 Å². The lowest BCUT2D eigenvalue weighted by Gasteiger charge is -2.08. The predicted octanol–water partition coefficient (Wildman–Crippen LogP) is 8.91. The first-order valence-corrected chi connectivity index (χ1v) is 13.3. The Kier molecular flexibility index (Phi) is 14.2. The molecule has 0 radical (unpaired) electrons. The summed E-state index contributed by atoms with van der Waals surface area (Å²) in [5.74, 6) is 0.735. The quantitative estimate of drug-likeness (QED) is 0.0937. The van der Waals surface area contributed by atoms with E-state index in [2.05, 4.69) is 11.9 Å². The number of hydrogen-bond acceptors (Lipinski definition) is 5. The number of aromatic hydroxyl groups is 1. The molecule has 35 heavy (non-hydrogen) atoms. The molecule has 0 saturated heterocycles. The van der Waals surface area contributed by atoms with Crippen LogP contribution >= 0.6 is 0 Å². The van der Waals surface area contributed by atoms with Crippen molar-refractivity contribution in [3.05, 3.63) is 58.1 Å². The average Bonchev–Trinajstić information content (AvgIpc) is 2.86. The van der Waals surface area contributed by atoms with E-state index in [0.717, 1.165) is 6.42 Å². The highest BCUT2D eigenvalue weighted by Gasteiger charge is 2.04. The van der Waals surface area contributed by atoms with Crippen molar-refractivity contribution in [1.29, 1.82) is 0 Å². The lowest BCUT2D eigenvalue weighted by atomic mass is 10.0. The van der Waals surface area contributed by atoms with Crippen LogP contribution in [0.1, 0.15) is 102 Å². The number of ether oxygens (including phenoxy) is 1. The minimum atomic E-state index is -0.448. The van der Waals surface area contributed by atoms with Crippen LogP contribution in [-0.4, -0.2) is 22.9 Å². The maximum absolute atomic E-state index is 10.7. The van der Waals surface area contributed by atoms with Gasteiger partial charge in [-0.3, -0.25) is 15.1 Å². The zero-order valence-electron chi connectivity index (χ0n) is 21.3. The predicted molar refractivity (Wildman–Crippen MR) is 144 cm³/mol. The van der Waals surface area contributed by atoms with Crippen LogP contribution in [0.4, 0.5) is 11.4 Å². The van der Waals surface area contributed by atoms with Crippen LogP contribution in [0.5, 0.6) is 11.5 Å². The Balaban J connectivity index is 1.53. The van der Waals surface area contributed by atoms with Crippen LogP contribution in [0.25, 0.3) is 0 Å². The number of phenolic OH excluding ortho intramolecular Hbond substituents is 1. The van der Waals surface area contributed by atoms with Gasteiger partial charge in [0.1, 0.15) is 11.5 Å². The van der Waals surface area contributed by atoms with Crippen LogP contribution in [0.3, 0.4) is 0 Å². The number of unbranched alkanes of at least 4 members (excludes halogenated alkanes) is 13. The Morgan fingerprint density at radius 1 is 0.829 bits per heavy atom. The van der Waals surface area contributed by atoms with Crippen molar-refractivity contribution in [3.8, 4) is 11.5 Å². The largest absolute Gasteiger partial charge is 0.507 e. The Morgan fingerprint density at radius 2 is 1.37 bits per heavy atom.